The molecule has 0 aromatic heterocycles. The Labute approximate surface area is 99.4 Å². The van der Waals surface area contributed by atoms with Gasteiger partial charge < -0.3 is 10.6 Å². The molecule has 0 aliphatic carbocycles. The van der Waals surface area contributed by atoms with Crippen molar-refractivity contribution in [2.45, 2.75) is 58.4 Å². The fraction of sp³-hybridized carbons (Fsp3) is 0.923. The van der Waals surface area contributed by atoms with Crippen molar-refractivity contribution in [3.63, 3.8) is 0 Å². The highest BCUT2D eigenvalue weighted by Crippen LogP contribution is 2.18. The van der Waals surface area contributed by atoms with Crippen LogP contribution in [-0.2, 0) is 4.79 Å². The molecule has 0 aromatic carbocycles. The summed E-state index contributed by atoms with van der Waals surface area (Å²) in [5.74, 6) is 0.566. The second kappa shape index (κ2) is 6.89. The molecular weight excluding hydrogens is 200 g/mol. The fourth-order valence-corrected chi connectivity index (χ4v) is 2.42. The maximum absolute atomic E-state index is 12.3. The molecule has 0 spiro atoms. The zero-order valence-electron chi connectivity index (χ0n) is 10.7. The highest BCUT2D eigenvalue weighted by atomic mass is 16.2. The zero-order chi connectivity index (χ0) is 12.0. The van der Waals surface area contributed by atoms with Gasteiger partial charge in [-0.15, -0.1) is 0 Å². The van der Waals surface area contributed by atoms with Crippen molar-refractivity contribution < 1.29 is 4.79 Å². The van der Waals surface area contributed by atoms with Crippen LogP contribution < -0.4 is 5.73 Å². The standard InChI is InChI=1S/C13H26N2O/c1-3-5-7-11(4-2)13(16)15-9-6-8-12(14)10-15/h11-12H,3-10,14H2,1-2H3/t11-,12+/m1/s1. The van der Waals surface area contributed by atoms with Crippen LogP contribution in [-0.4, -0.2) is 29.9 Å². The normalized spacial score (nSPS) is 23.2. The minimum atomic E-state index is 0.196. The average Bonchev–Trinajstić information content (AvgIpc) is 2.29. The van der Waals surface area contributed by atoms with Crippen molar-refractivity contribution in [1.29, 1.82) is 0 Å². The van der Waals surface area contributed by atoms with Crippen molar-refractivity contribution in [3.05, 3.63) is 0 Å². The molecule has 16 heavy (non-hydrogen) atoms. The van der Waals surface area contributed by atoms with E-state index in [-0.39, 0.29) is 12.0 Å². The van der Waals surface area contributed by atoms with E-state index in [0.717, 1.165) is 45.2 Å². The number of piperidine rings is 1. The largest absolute Gasteiger partial charge is 0.341 e. The van der Waals surface area contributed by atoms with E-state index >= 15 is 0 Å². The summed E-state index contributed by atoms with van der Waals surface area (Å²) in [5.41, 5.74) is 5.91. The topological polar surface area (TPSA) is 46.3 Å². The van der Waals surface area contributed by atoms with Gasteiger partial charge in [-0.05, 0) is 25.7 Å². The minimum Gasteiger partial charge on any atom is -0.341 e. The number of unbranched alkanes of at least 4 members (excludes halogenated alkanes) is 1. The Balaban J connectivity index is 2.46. The lowest BCUT2D eigenvalue weighted by Gasteiger charge is -2.33. The Bertz CT molecular complexity index is 218. The van der Waals surface area contributed by atoms with E-state index in [2.05, 4.69) is 13.8 Å². The van der Waals surface area contributed by atoms with Crippen LogP contribution in [0.3, 0.4) is 0 Å². The van der Waals surface area contributed by atoms with Gasteiger partial charge in [-0.25, -0.2) is 0 Å². The first-order valence-corrected chi connectivity index (χ1v) is 6.73. The van der Waals surface area contributed by atoms with Gasteiger partial charge >= 0.3 is 0 Å². The molecule has 1 saturated heterocycles. The molecule has 1 aliphatic rings. The molecule has 0 radical (unpaired) electrons. The number of rotatable bonds is 5. The van der Waals surface area contributed by atoms with Gasteiger partial charge in [-0.2, -0.15) is 0 Å². The van der Waals surface area contributed by atoms with Crippen molar-refractivity contribution in [2.75, 3.05) is 13.1 Å². The fourth-order valence-electron chi connectivity index (χ4n) is 2.42. The maximum atomic E-state index is 12.3. The van der Waals surface area contributed by atoms with Crippen LogP contribution in [0.5, 0.6) is 0 Å². The monoisotopic (exact) mass is 226 g/mol. The Morgan fingerprint density at radius 1 is 1.50 bits per heavy atom. The summed E-state index contributed by atoms with van der Waals surface area (Å²) in [5, 5.41) is 0. The zero-order valence-corrected chi connectivity index (χ0v) is 10.7. The molecule has 0 saturated carbocycles. The van der Waals surface area contributed by atoms with Gasteiger partial charge in [0.1, 0.15) is 0 Å². The number of carbonyl (C=O) groups is 1. The van der Waals surface area contributed by atoms with Gasteiger partial charge in [0.15, 0.2) is 0 Å². The third kappa shape index (κ3) is 3.78. The summed E-state index contributed by atoms with van der Waals surface area (Å²) in [6, 6.07) is 0.196. The summed E-state index contributed by atoms with van der Waals surface area (Å²) in [6.45, 7) is 5.97. The van der Waals surface area contributed by atoms with Crippen molar-refractivity contribution in [1.82, 2.24) is 4.90 Å². The van der Waals surface area contributed by atoms with E-state index in [9.17, 15) is 4.79 Å². The molecule has 1 amide bonds. The number of hydrogen-bond donors (Lipinski definition) is 1. The van der Waals surface area contributed by atoms with Crippen LogP contribution >= 0.6 is 0 Å². The van der Waals surface area contributed by atoms with Gasteiger partial charge in [-0.1, -0.05) is 26.7 Å². The average molecular weight is 226 g/mol. The third-order valence-corrected chi connectivity index (χ3v) is 3.52. The molecule has 2 atom stereocenters. The van der Waals surface area contributed by atoms with Crippen LogP contribution in [0.4, 0.5) is 0 Å². The number of carbonyl (C=O) groups excluding carboxylic acids is 1. The van der Waals surface area contributed by atoms with Crippen LogP contribution in [0.25, 0.3) is 0 Å². The predicted octanol–water partition coefficient (Wildman–Crippen LogP) is 2.15. The first-order valence-electron chi connectivity index (χ1n) is 6.73. The van der Waals surface area contributed by atoms with Crippen LogP contribution in [0.2, 0.25) is 0 Å². The number of nitrogens with zero attached hydrogens (tertiary/aromatic N) is 1. The molecule has 3 nitrogen and oxygen atoms in total. The Kier molecular flexibility index (Phi) is 5.81. The highest BCUT2D eigenvalue weighted by molar-refractivity contribution is 5.78. The predicted molar refractivity (Wildman–Crippen MR) is 67.1 cm³/mol. The molecule has 1 heterocycles. The molecule has 1 aliphatic heterocycles. The molecule has 1 rings (SSSR count). The van der Waals surface area contributed by atoms with Gasteiger partial charge in [0.05, 0.1) is 0 Å². The molecule has 94 valence electrons. The third-order valence-electron chi connectivity index (χ3n) is 3.52. The molecule has 3 heteroatoms. The van der Waals surface area contributed by atoms with E-state index in [4.69, 9.17) is 5.73 Å². The summed E-state index contributed by atoms with van der Waals surface area (Å²) < 4.78 is 0. The minimum absolute atomic E-state index is 0.196. The van der Waals surface area contributed by atoms with Gasteiger partial charge in [-0.3, -0.25) is 4.79 Å². The lowest BCUT2D eigenvalue weighted by atomic mass is 9.96. The summed E-state index contributed by atoms with van der Waals surface area (Å²) in [6.07, 6.45) is 6.46. The van der Waals surface area contributed by atoms with Gasteiger partial charge in [0.25, 0.3) is 0 Å². The van der Waals surface area contributed by atoms with E-state index in [1.807, 2.05) is 4.90 Å². The number of nitrogens with two attached hydrogens (primary N) is 1. The summed E-state index contributed by atoms with van der Waals surface area (Å²) >= 11 is 0. The Morgan fingerprint density at radius 2 is 2.25 bits per heavy atom. The lowest BCUT2D eigenvalue weighted by molar-refractivity contribution is -0.137. The van der Waals surface area contributed by atoms with Gasteiger partial charge in [0.2, 0.25) is 5.91 Å². The number of likely N-dealkylation sites (tertiary alicyclic amines) is 1. The Morgan fingerprint density at radius 3 is 2.81 bits per heavy atom. The van der Waals surface area contributed by atoms with Crippen molar-refractivity contribution in [2.24, 2.45) is 11.7 Å². The Hall–Kier alpha value is -0.570. The van der Waals surface area contributed by atoms with E-state index in [1.54, 1.807) is 0 Å². The molecule has 0 bridgehead atoms. The molecule has 1 fully saturated rings. The van der Waals surface area contributed by atoms with Crippen molar-refractivity contribution >= 4 is 5.91 Å². The van der Waals surface area contributed by atoms with E-state index in [1.165, 1.54) is 6.42 Å². The van der Waals surface area contributed by atoms with E-state index in [0.29, 0.717) is 5.91 Å². The quantitative estimate of drug-likeness (QED) is 0.781. The smallest absolute Gasteiger partial charge is 0.225 e. The molecule has 2 N–H and O–H groups in total. The van der Waals surface area contributed by atoms with Gasteiger partial charge in [0, 0.05) is 25.0 Å². The van der Waals surface area contributed by atoms with Crippen LogP contribution in [0.15, 0.2) is 0 Å². The first kappa shape index (κ1) is 13.5. The highest BCUT2D eigenvalue weighted by Gasteiger charge is 2.26. The SMILES string of the molecule is CCCC[C@@H](CC)C(=O)N1CCC[C@H](N)C1. The summed E-state index contributed by atoms with van der Waals surface area (Å²) in [7, 11) is 0. The second-order valence-corrected chi connectivity index (χ2v) is 4.93. The molecule has 0 unspecified atom stereocenters. The second-order valence-electron chi connectivity index (χ2n) is 4.93. The number of amides is 1. The first-order chi connectivity index (χ1) is 7.69. The number of hydrogen-bond acceptors (Lipinski definition) is 2. The van der Waals surface area contributed by atoms with Crippen LogP contribution in [0, 0.1) is 5.92 Å². The van der Waals surface area contributed by atoms with Crippen LogP contribution in [0.1, 0.15) is 52.4 Å². The maximum Gasteiger partial charge on any atom is 0.225 e. The summed E-state index contributed by atoms with van der Waals surface area (Å²) in [4.78, 5) is 14.2. The van der Waals surface area contributed by atoms with E-state index < -0.39 is 0 Å². The molecular formula is C13H26N2O. The molecule has 0 aromatic rings. The lowest BCUT2D eigenvalue weighted by Crippen LogP contribution is -2.47. The van der Waals surface area contributed by atoms with Crippen molar-refractivity contribution in [3.8, 4) is 0 Å².